The van der Waals surface area contributed by atoms with Crippen molar-refractivity contribution < 1.29 is 24.3 Å². The lowest BCUT2D eigenvalue weighted by molar-refractivity contribution is -0.136. The number of amides is 4. The van der Waals surface area contributed by atoms with Crippen LogP contribution in [0.1, 0.15) is 98.0 Å². The first-order valence-electron chi connectivity index (χ1n) is 18.2. The number of phenols is 1. The van der Waals surface area contributed by atoms with Gasteiger partial charge in [-0.25, -0.2) is 0 Å². The number of aryl methyl sites for hydroxylation is 1. The monoisotopic (exact) mass is 680 g/mol. The lowest BCUT2D eigenvalue weighted by Gasteiger charge is -2.38. The van der Waals surface area contributed by atoms with E-state index in [0.29, 0.717) is 28.8 Å². The predicted molar refractivity (Wildman–Crippen MR) is 191 cm³/mol. The van der Waals surface area contributed by atoms with E-state index >= 15 is 0 Å². The topological polar surface area (TPSA) is 110 Å². The Morgan fingerprint density at radius 3 is 2.02 bits per heavy atom. The number of benzene rings is 4. The molecule has 258 valence electrons. The number of nitrogens with zero attached hydrogens (tertiary/aromatic N) is 3. The number of hydrogen-bond donors (Lipinski definition) is 2. The number of rotatable bonds is 5. The molecule has 9 heteroatoms. The second kappa shape index (κ2) is 12.5. The zero-order chi connectivity index (χ0) is 34.8. The van der Waals surface area contributed by atoms with Crippen molar-refractivity contribution in [1.82, 2.24) is 15.1 Å². The molecule has 2 saturated heterocycles. The van der Waals surface area contributed by atoms with Gasteiger partial charge in [-0.3, -0.25) is 34.3 Å². The van der Waals surface area contributed by atoms with Crippen molar-refractivity contribution >= 4 is 29.3 Å². The molecule has 2 N–H and O–H groups in total. The summed E-state index contributed by atoms with van der Waals surface area (Å²) in [5.41, 5.74) is 9.26. The normalized spacial score (nSPS) is 23.6. The molecule has 4 aliphatic heterocycles. The fraction of sp³-hybridized carbons (Fsp3) is 0.333. The number of carbonyl (C=O) groups excluding carboxylic acids is 4. The van der Waals surface area contributed by atoms with Crippen LogP contribution in [0.2, 0.25) is 0 Å². The van der Waals surface area contributed by atoms with Gasteiger partial charge in [0.1, 0.15) is 11.8 Å². The number of phenolic OH excluding ortho intramolecular Hbond substituents is 1. The maximum absolute atomic E-state index is 13.4. The van der Waals surface area contributed by atoms with Crippen LogP contribution in [0.15, 0.2) is 84.9 Å². The largest absolute Gasteiger partial charge is 0.508 e. The minimum Gasteiger partial charge on any atom is -0.508 e. The Balaban J connectivity index is 0.865. The van der Waals surface area contributed by atoms with E-state index in [1.165, 1.54) is 27.9 Å². The molecular formula is C42H40N4O5. The minimum atomic E-state index is -0.951. The first-order chi connectivity index (χ1) is 24.8. The quantitative estimate of drug-likeness (QED) is 0.263. The SMILES string of the molecule is O=C1CCC(N2C(=O)c3cc4c(cc3C2=O)CN(C2CCN(c3ccc(C5c6ccc(O)cc6CCC5c5ccccc5)cc3)CC2)C4)C(=O)N1. The number of imide groups is 2. The molecule has 4 heterocycles. The van der Waals surface area contributed by atoms with E-state index in [9.17, 15) is 24.3 Å². The minimum absolute atomic E-state index is 0.108. The van der Waals surface area contributed by atoms with Crippen LogP contribution in [0.4, 0.5) is 5.69 Å². The maximum Gasteiger partial charge on any atom is 0.262 e. The molecule has 51 heavy (non-hydrogen) atoms. The number of aromatic hydroxyl groups is 1. The Morgan fingerprint density at radius 2 is 1.35 bits per heavy atom. The fourth-order valence-corrected chi connectivity index (χ4v) is 9.31. The van der Waals surface area contributed by atoms with Gasteiger partial charge in [0.25, 0.3) is 11.8 Å². The number of piperidine rings is 2. The van der Waals surface area contributed by atoms with Crippen molar-refractivity contribution in [2.75, 3.05) is 18.0 Å². The second-order valence-electron chi connectivity index (χ2n) is 14.7. The van der Waals surface area contributed by atoms with E-state index in [0.717, 1.165) is 67.9 Å². The Hall–Kier alpha value is -5.28. The van der Waals surface area contributed by atoms with E-state index < -0.39 is 23.8 Å². The van der Waals surface area contributed by atoms with Crippen molar-refractivity contribution in [2.45, 2.75) is 75.5 Å². The fourth-order valence-electron chi connectivity index (χ4n) is 9.31. The van der Waals surface area contributed by atoms with Gasteiger partial charge in [0, 0.05) is 50.2 Å². The molecule has 0 saturated carbocycles. The lowest BCUT2D eigenvalue weighted by atomic mass is 9.69. The number of hydrogen-bond acceptors (Lipinski definition) is 7. The summed E-state index contributed by atoms with van der Waals surface area (Å²) >= 11 is 0. The average molecular weight is 681 g/mol. The van der Waals surface area contributed by atoms with Gasteiger partial charge in [-0.15, -0.1) is 0 Å². The first-order valence-corrected chi connectivity index (χ1v) is 18.2. The summed E-state index contributed by atoms with van der Waals surface area (Å²) in [6.07, 6.45) is 4.30. The van der Waals surface area contributed by atoms with E-state index in [1.807, 2.05) is 24.3 Å². The molecule has 0 aromatic heterocycles. The van der Waals surface area contributed by atoms with Gasteiger partial charge in [-0.1, -0.05) is 48.5 Å². The highest BCUT2D eigenvalue weighted by molar-refractivity contribution is 6.23. The van der Waals surface area contributed by atoms with E-state index in [4.69, 9.17) is 0 Å². The third-order valence-corrected chi connectivity index (χ3v) is 11.9. The average Bonchev–Trinajstić information content (AvgIpc) is 3.68. The maximum atomic E-state index is 13.4. The number of carbonyl (C=O) groups is 4. The second-order valence-corrected chi connectivity index (χ2v) is 14.7. The smallest absolute Gasteiger partial charge is 0.262 e. The predicted octanol–water partition coefficient (Wildman–Crippen LogP) is 5.64. The highest BCUT2D eigenvalue weighted by Gasteiger charge is 2.45. The van der Waals surface area contributed by atoms with Gasteiger partial charge in [0.2, 0.25) is 11.8 Å². The highest BCUT2D eigenvalue weighted by Crippen LogP contribution is 2.47. The van der Waals surface area contributed by atoms with Gasteiger partial charge in [-0.05, 0) is 108 Å². The zero-order valence-electron chi connectivity index (χ0n) is 28.4. The van der Waals surface area contributed by atoms with Crippen LogP contribution in [0.3, 0.4) is 0 Å². The van der Waals surface area contributed by atoms with Crippen LogP contribution in [-0.4, -0.2) is 63.7 Å². The van der Waals surface area contributed by atoms with E-state index in [-0.39, 0.29) is 24.7 Å². The molecule has 0 radical (unpaired) electrons. The summed E-state index contributed by atoms with van der Waals surface area (Å²) in [5.74, 6) is -0.945. The summed E-state index contributed by atoms with van der Waals surface area (Å²) < 4.78 is 0. The molecule has 4 aromatic rings. The number of nitrogens with one attached hydrogen (secondary N) is 1. The van der Waals surface area contributed by atoms with Crippen molar-refractivity contribution in [3.05, 3.63) is 129 Å². The summed E-state index contributed by atoms with van der Waals surface area (Å²) in [7, 11) is 0. The third-order valence-electron chi connectivity index (χ3n) is 11.9. The van der Waals surface area contributed by atoms with Crippen LogP contribution >= 0.6 is 0 Å². The zero-order valence-corrected chi connectivity index (χ0v) is 28.4. The van der Waals surface area contributed by atoms with Crippen molar-refractivity contribution in [2.24, 2.45) is 0 Å². The van der Waals surface area contributed by atoms with Gasteiger partial charge < -0.3 is 10.0 Å². The summed E-state index contributed by atoms with van der Waals surface area (Å²) in [4.78, 5) is 56.8. The molecular weight excluding hydrogens is 640 g/mol. The molecule has 0 bridgehead atoms. The lowest BCUT2D eigenvalue weighted by Crippen LogP contribution is -2.54. The van der Waals surface area contributed by atoms with Crippen LogP contribution in [-0.2, 0) is 29.1 Å². The molecule has 9 nitrogen and oxygen atoms in total. The highest BCUT2D eigenvalue weighted by atomic mass is 16.3. The van der Waals surface area contributed by atoms with E-state index in [2.05, 4.69) is 75.8 Å². The number of fused-ring (bicyclic) bond motifs is 3. The van der Waals surface area contributed by atoms with Gasteiger partial charge in [-0.2, -0.15) is 0 Å². The summed E-state index contributed by atoms with van der Waals surface area (Å²) in [5, 5.41) is 12.5. The van der Waals surface area contributed by atoms with Crippen molar-refractivity contribution in [1.29, 1.82) is 0 Å². The standard InChI is InChI=1S/C42H40N4O5/c47-32-11-13-34-27(20-32)8-12-33(25-4-2-1-3-5-25)39(34)26-6-9-30(10-7-26)44-18-16-31(17-19-44)45-23-28-21-35-36(22-29(28)24-45)42(51)46(41(35)50)37-14-15-38(48)43-40(37)49/h1-7,9-11,13,20-22,31,33,37,39,47H,8,12,14-19,23-24H2,(H,43,48,49). The summed E-state index contributed by atoms with van der Waals surface area (Å²) in [6.45, 7) is 3.35. The molecule has 3 atom stereocenters. The molecule has 0 spiro atoms. The molecule has 1 aliphatic carbocycles. The summed E-state index contributed by atoms with van der Waals surface area (Å²) in [6, 6.07) is 28.9. The van der Waals surface area contributed by atoms with Crippen LogP contribution < -0.4 is 10.2 Å². The molecule has 2 fully saturated rings. The van der Waals surface area contributed by atoms with Gasteiger partial charge in [0.05, 0.1) is 11.1 Å². The van der Waals surface area contributed by atoms with Gasteiger partial charge in [0.15, 0.2) is 0 Å². The Morgan fingerprint density at radius 1 is 0.667 bits per heavy atom. The van der Waals surface area contributed by atoms with Crippen molar-refractivity contribution in [3.8, 4) is 5.75 Å². The Kier molecular flexibility index (Phi) is 7.76. The third kappa shape index (κ3) is 5.51. The molecule has 4 aromatic carbocycles. The molecule has 5 aliphatic rings. The molecule has 3 unspecified atom stereocenters. The number of anilines is 1. The van der Waals surface area contributed by atoms with Crippen LogP contribution in [0, 0.1) is 0 Å². The molecule has 4 amide bonds. The van der Waals surface area contributed by atoms with Crippen LogP contribution in [0.5, 0.6) is 5.75 Å². The first kappa shape index (κ1) is 31.7. The van der Waals surface area contributed by atoms with Crippen molar-refractivity contribution in [3.63, 3.8) is 0 Å². The Labute approximate surface area is 296 Å². The molecule has 9 rings (SSSR count). The Bertz CT molecular complexity index is 2030. The van der Waals surface area contributed by atoms with Gasteiger partial charge >= 0.3 is 0 Å². The van der Waals surface area contributed by atoms with Crippen LogP contribution in [0.25, 0.3) is 0 Å². The van der Waals surface area contributed by atoms with E-state index in [1.54, 1.807) is 0 Å².